The molecule has 2 aromatic heterocycles. The van der Waals surface area contributed by atoms with Gasteiger partial charge in [-0.15, -0.1) is 0 Å². The van der Waals surface area contributed by atoms with Gasteiger partial charge in [-0.25, -0.2) is 19.6 Å². The predicted molar refractivity (Wildman–Crippen MR) is 214 cm³/mol. The lowest BCUT2D eigenvalue weighted by molar-refractivity contribution is -0.135. The number of ether oxygens (including phenoxy) is 4. The first-order valence-electron chi connectivity index (χ1n) is 19.7. The van der Waals surface area contributed by atoms with Crippen LogP contribution in [0.25, 0.3) is 44.2 Å². The Morgan fingerprint density at radius 2 is 1.82 bits per heavy atom. The van der Waals surface area contributed by atoms with Crippen molar-refractivity contribution >= 4 is 39.9 Å². The van der Waals surface area contributed by atoms with Gasteiger partial charge in [0.15, 0.2) is 0 Å². The third-order valence-corrected chi connectivity index (χ3v) is 11.2. The summed E-state index contributed by atoms with van der Waals surface area (Å²) in [5, 5.41) is 4.70. The predicted octanol–water partition coefficient (Wildman–Crippen LogP) is 7.65. The molecule has 300 valence electrons. The number of carbonyl (C=O) groups is 3. The maximum Gasteiger partial charge on any atom is 0.410 e. The minimum atomic E-state index is -0.695. The van der Waals surface area contributed by atoms with Gasteiger partial charge in [0.25, 0.3) is 0 Å². The summed E-state index contributed by atoms with van der Waals surface area (Å²) in [6, 6.07) is 13.5. The second kappa shape index (κ2) is 15.0. The lowest BCUT2D eigenvalue weighted by atomic mass is 9.92. The number of carbonyl (C=O) groups excluding carboxylic acids is 3. The van der Waals surface area contributed by atoms with Crippen molar-refractivity contribution in [3.8, 4) is 28.1 Å². The molecule has 2 fully saturated rings. The van der Waals surface area contributed by atoms with Gasteiger partial charge in [-0.2, -0.15) is 0 Å². The molecule has 3 aliphatic rings. The molecule has 3 aromatic carbocycles. The fraction of sp³-hybridized carbons (Fsp3) is 0.465. The molecule has 0 spiro atoms. The minimum absolute atomic E-state index is 0.111. The van der Waals surface area contributed by atoms with Gasteiger partial charge in [-0.1, -0.05) is 32.0 Å². The molecule has 14 nitrogen and oxygen atoms in total. The van der Waals surface area contributed by atoms with E-state index in [1.807, 2.05) is 51.8 Å². The van der Waals surface area contributed by atoms with Gasteiger partial charge < -0.3 is 39.1 Å². The number of nitrogens with zero attached hydrogens (tertiary/aromatic N) is 4. The quantitative estimate of drug-likeness (QED) is 0.144. The summed E-state index contributed by atoms with van der Waals surface area (Å²) in [5.74, 6) is 2.14. The van der Waals surface area contributed by atoms with E-state index in [0.717, 1.165) is 86.4 Å². The van der Waals surface area contributed by atoms with Crippen LogP contribution in [0.5, 0.6) is 5.75 Å². The van der Waals surface area contributed by atoms with Crippen LogP contribution in [0.4, 0.5) is 9.59 Å². The summed E-state index contributed by atoms with van der Waals surface area (Å²) >= 11 is 0. The zero-order valence-corrected chi connectivity index (χ0v) is 33.6. The van der Waals surface area contributed by atoms with Crippen molar-refractivity contribution in [2.45, 2.75) is 84.2 Å². The van der Waals surface area contributed by atoms with E-state index in [1.54, 1.807) is 12.0 Å². The molecule has 5 heterocycles. The van der Waals surface area contributed by atoms with Crippen LogP contribution in [-0.4, -0.2) is 93.4 Å². The van der Waals surface area contributed by atoms with E-state index >= 15 is 0 Å². The molecule has 4 atom stereocenters. The van der Waals surface area contributed by atoms with Crippen LogP contribution in [0, 0.1) is 11.8 Å². The highest BCUT2D eigenvalue weighted by atomic mass is 16.6. The van der Waals surface area contributed by atoms with Crippen LogP contribution in [-0.2, 0) is 25.6 Å². The second-order valence-electron chi connectivity index (χ2n) is 16.7. The Kier molecular flexibility index (Phi) is 10.1. The number of imidazole rings is 2. The van der Waals surface area contributed by atoms with Crippen LogP contribution in [0.2, 0.25) is 0 Å². The van der Waals surface area contributed by atoms with Gasteiger partial charge >= 0.3 is 12.2 Å². The van der Waals surface area contributed by atoms with Crippen LogP contribution in [0.15, 0.2) is 48.7 Å². The monoisotopic (exact) mass is 777 g/mol. The van der Waals surface area contributed by atoms with E-state index in [9.17, 15) is 14.4 Å². The van der Waals surface area contributed by atoms with Gasteiger partial charge in [0.2, 0.25) is 5.91 Å². The molecule has 3 N–H and O–H groups in total. The number of hydrogen-bond acceptors (Lipinski definition) is 9. The van der Waals surface area contributed by atoms with Gasteiger partial charge in [0.05, 0.1) is 48.7 Å². The Morgan fingerprint density at radius 3 is 2.58 bits per heavy atom. The molecular weight excluding hydrogens is 727 g/mol. The van der Waals surface area contributed by atoms with E-state index in [1.165, 1.54) is 7.11 Å². The average Bonchev–Trinajstić information content (AvgIpc) is 4.01. The van der Waals surface area contributed by atoms with Crippen LogP contribution in [0.3, 0.4) is 0 Å². The van der Waals surface area contributed by atoms with E-state index in [4.69, 9.17) is 28.9 Å². The van der Waals surface area contributed by atoms with E-state index in [-0.39, 0.29) is 35.9 Å². The second-order valence-corrected chi connectivity index (χ2v) is 16.7. The molecular formula is C43H51N7O7. The number of benzene rings is 3. The number of alkyl carbamates (subject to hydrolysis) is 1. The van der Waals surface area contributed by atoms with Crippen LogP contribution < -0.4 is 10.1 Å². The molecule has 5 aromatic rings. The molecule has 0 radical (unpaired) electrons. The SMILES string of the molecule is COCC1CC(c2nc3c(ccc4cc5c(cc43)OCc3cc(-c4cnc(C6CCCN6C(=O)C(NC(=O)OC)C(C)C)[nH]4)ccc3-5)[nH]2)N(C(=O)OC(C)(C)C)C1. The fourth-order valence-electron chi connectivity index (χ4n) is 8.54. The topological polar surface area (TPSA) is 164 Å². The summed E-state index contributed by atoms with van der Waals surface area (Å²) < 4.78 is 22.4. The minimum Gasteiger partial charge on any atom is -0.488 e. The zero-order chi connectivity index (χ0) is 40.2. The van der Waals surface area contributed by atoms with Crippen molar-refractivity contribution in [2.24, 2.45) is 11.8 Å². The number of H-pyrrole nitrogens is 2. The van der Waals surface area contributed by atoms with Gasteiger partial charge in [-0.3, -0.25) is 9.69 Å². The number of amides is 3. The number of likely N-dealkylation sites (tertiary alicyclic amines) is 2. The third kappa shape index (κ3) is 7.38. The van der Waals surface area contributed by atoms with Crippen LogP contribution >= 0.6 is 0 Å². The number of nitrogens with one attached hydrogen (secondary N) is 3. The summed E-state index contributed by atoms with van der Waals surface area (Å²) in [5.41, 5.74) is 6.07. The molecule has 3 amide bonds. The zero-order valence-electron chi connectivity index (χ0n) is 33.6. The molecule has 0 bridgehead atoms. The number of hydrogen-bond donors (Lipinski definition) is 3. The normalized spacial score (nSPS) is 19.8. The van der Waals surface area contributed by atoms with E-state index in [2.05, 4.69) is 51.7 Å². The molecule has 0 aliphatic carbocycles. The highest BCUT2D eigenvalue weighted by molar-refractivity contribution is 6.07. The van der Waals surface area contributed by atoms with Crippen molar-refractivity contribution in [1.29, 1.82) is 0 Å². The molecule has 0 saturated carbocycles. The number of fused-ring (bicyclic) bond motifs is 6. The molecule has 2 saturated heterocycles. The lowest BCUT2D eigenvalue weighted by Crippen LogP contribution is -2.51. The summed E-state index contributed by atoms with van der Waals surface area (Å²) in [7, 11) is 2.98. The summed E-state index contributed by atoms with van der Waals surface area (Å²) in [6.07, 6.45) is 3.17. The van der Waals surface area contributed by atoms with Gasteiger partial charge in [-0.05, 0) is 92.3 Å². The Bertz CT molecular complexity index is 2340. The van der Waals surface area contributed by atoms with Crippen molar-refractivity contribution in [1.82, 2.24) is 35.1 Å². The Labute approximate surface area is 331 Å². The van der Waals surface area contributed by atoms with Gasteiger partial charge in [0.1, 0.15) is 35.6 Å². The third-order valence-electron chi connectivity index (χ3n) is 11.2. The highest BCUT2D eigenvalue weighted by Gasteiger charge is 2.41. The Hall–Kier alpha value is -5.63. The number of aromatic amines is 2. The van der Waals surface area contributed by atoms with E-state index in [0.29, 0.717) is 26.3 Å². The Morgan fingerprint density at radius 1 is 1.00 bits per heavy atom. The highest BCUT2D eigenvalue weighted by Crippen LogP contribution is 2.44. The van der Waals surface area contributed by atoms with Crippen LogP contribution in [0.1, 0.15) is 83.2 Å². The maximum absolute atomic E-state index is 13.6. The number of methoxy groups -OCH3 is 2. The molecule has 8 rings (SSSR count). The first-order valence-corrected chi connectivity index (χ1v) is 19.7. The molecule has 14 heteroatoms. The maximum atomic E-state index is 13.6. The molecule has 4 unspecified atom stereocenters. The average molecular weight is 778 g/mol. The van der Waals surface area contributed by atoms with Gasteiger partial charge in [0, 0.05) is 37.1 Å². The van der Waals surface area contributed by atoms with E-state index < -0.39 is 17.7 Å². The largest absolute Gasteiger partial charge is 0.488 e. The first-order chi connectivity index (χ1) is 27.3. The number of rotatable bonds is 8. The van der Waals surface area contributed by atoms with Crippen molar-refractivity contribution in [3.05, 3.63) is 65.9 Å². The summed E-state index contributed by atoms with van der Waals surface area (Å²) in [4.78, 5) is 59.4. The molecule has 57 heavy (non-hydrogen) atoms. The fourth-order valence-corrected chi connectivity index (χ4v) is 8.54. The van der Waals surface area contributed by atoms with Crippen molar-refractivity contribution in [3.63, 3.8) is 0 Å². The first kappa shape index (κ1) is 38.3. The lowest BCUT2D eigenvalue weighted by Gasteiger charge is -2.30. The molecule has 3 aliphatic heterocycles. The smallest absolute Gasteiger partial charge is 0.410 e. The summed E-state index contributed by atoms with van der Waals surface area (Å²) in [6.45, 7) is 11.5. The number of aromatic nitrogens is 4. The van der Waals surface area contributed by atoms with Crippen molar-refractivity contribution in [2.75, 3.05) is 33.9 Å². The van der Waals surface area contributed by atoms with Crippen molar-refractivity contribution < 1.29 is 33.3 Å². The standard InChI is InChI=1S/C43H51N7O7/c1-23(2)36(48-41(52)55-7)40(51)49-14-8-9-33(49)38-44-19-32(46-38)26-10-12-28-27(16-26)22-56-35-18-29-25(17-30(28)35)11-13-31-37(29)47-39(45-31)34-15-24(21-54-6)20-50(34)42(53)57-43(3,4)5/h10-13,16-19,23-24,33-34,36H,8-9,14-15,20-22H2,1-7H3,(H,44,46)(H,45,47)(H,48,52). The Balaban J connectivity index is 1.04.